The summed E-state index contributed by atoms with van der Waals surface area (Å²) in [5, 5.41) is 11.8. The van der Waals surface area contributed by atoms with E-state index in [1.54, 1.807) is 11.8 Å². The average molecular weight is 309 g/mol. The molecule has 21 heavy (non-hydrogen) atoms. The fraction of sp³-hybridized carbons (Fsp3) is 0.588. The highest BCUT2D eigenvalue weighted by molar-refractivity contribution is 7.99. The summed E-state index contributed by atoms with van der Waals surface area (Å²) in [4.78, 5) is 11.8. The van der Waals surface area contributed by atoms with Crippen LogP contribution in [0.5, 0.6) is 0 Å². The topological polar surface area (TPSA) is 49.3 Å². The molecule has 0 aliphatic rings. The van der Waals surface area contributed by atoms with Crippen molar-refractivity contribution in [3.63, 3.8) is 0 Å². The molecule has 118 valence electrons. The van der Waals surface area contributed by atoms with Crippen LogP contribution in [0.1, 0.15) is 37.8 Å². The van der Waals surface area contributed by atoms with Gasteiger partial charge >= 0.3 is 0 Å². The molecular formula is C17H27NO2S. The van der Waals surface area contributed by atoms with Crippen LogP contribution >= 0.6 is 11.8 Å². The fourth-order valence-corrected chi connectivity index (χ4v) is 2.80. The van der Waals surface area contributed by atoms with E-state index in [9.17, 15) is 4.79 Å². The number of hydrogen-bond acceptors (Lipinski definition) is 3. The first-order valence-electron chi connectivity index (χ1n) is 7.44. The number of aryl methyl sites for hydroxylation is 1. The summed E-state index contributed by atoms with van der Waals surface area (Å²) in [5.41, 5.74) is 2.55. The molecule has 0 heterocycles. The zero-order valence-corrected chi connectivity index (χ0v) is 14.1. The van der Waals surface area contributed by atoms with Gasteiger partial charge in [0.05, 0.1) is 5.75 Å². The third kappa shape index (κ3) is 8.12. The lowest BCUT2D eigenvalue weighted by atomic mass is 9.88. The Labute approximate surface area is 132 Å². The van der Waals surface area contributed by atoms with Crippen LogP contribution in [-0.4, -0.2) is 29.9 Å². The molecule has 2 N–H and O–H groups in total. The summed E-state index contributed by atoms with van der Waals surface area (Å²) >= 11 is 1.64. The molecule has 0 saturated heterocycles. The predicted molar refractivity (Wildman–Crippen MR) is 90.5 cm³/mol. The Morgan fingerprint density at radius 2 is 1.95 bits per heavy atom. The molecule has 1 amide bonds. The molecule has 0 aliphatic carbocycles. The first-order chi connectivity index (χ1) is 9.93. The standard InChI is InChI=1S/C17H27NO2S/c1-14-5-7-15(8-6-14)11-21-12-16(20)18-13-17(2,3)9-4-10-19/h5-8,19H,4,9-13H2,1-3H3,(H,18,20). The molecule has 0 aromatic heterocycles. The summed E-state index contributed by atoms with van der Waals surface area (Å²) in [6.07, 6.45) is 1.70. The normalized spacial score (nSPS) is 11.4. The van der Waals surface area contributed by atoms with Gasteiger partial charge in [-0.3, -0.25) is 4.79 Å². The van der Waals surface area contributed by atoms with E-state index in [0.717, 1.165) is 18.6 Å². The lowest BCUT2D eigenvalue weighted by Gasteiger charge is -2.24. The first-order valence-corrected chi connectivity index (χ1v) is 8.59. The van der Waals surface area contributed by atoms with Gasteiger partial charge in [-0.15, -0.1) is 11.8 Å². The van der Waals surface area contributed by atoms with Crippen molar-refractivity contribution in [2.45, 2.75) is 39.4 Å². The summed E-state index contributed by atoms with van der Waals surface area (Å²) in [6.45, 7) is 7.17. The second-order valence-corrected chi connectivity index (χ2v) is 7.23. The molecular weight excluding hydrogens is 282 g/mol. The lowest BCUT2D eigenvalue weighted by Crippen LogP contribution is -2.35. The number of benzene rings is 1. The van der Waals surface area contributed by atoms with Gasteiger partial charge in [-0.1, -0.05) is 43.7 Å². The second kappa shape index (κ2) is 9.11. The van der Waals surface area contributed by atoms with Crippen LogP contribution in [0, 0.1) is 12.3 Å². The highest BCUT2D eigenvalue weighted by Crippen LogP contribution is 2.20. The Hall–Kier alpha value is -1.00. The number of hydrogen-bond donors (Lipinski definition) is 2. The minimum Gasteiger partial charge on any atom is -0.396 e. The van der Waals surface area contributed by atoms with Gasteiger partial charge in [-0.25, -0.2) is 0 Å². The van der Waals surface area contributed by atoms with Gasteiger partial charge in [0.2, 0.25) is 5.91 Å². The van der Waals surface area contributed by atoms with Crippen LogP contribution in [-0.2, 0) is 10.5 Å². The molecule has 3 nitrogen and oxygen atoms in total. The molecule has 1 aromatic rings. The van der Waals surface area contributed by atoms with E-state index in [4.69, 9.17) is 5.11 Å². The molecule has 0 spiro atoms. The van der Waals surface area contributed by atoms with Crippen LogP contribution in [0.15, 0.2) is 24.3 Å². The van der Waals surface area contributed by atoms with Gasteiger partial charge < -0.3 is 10.4 Å². The maximum Gasteiger partial charge on any atom is 0.230 e. The number of amides is 1. The van der Waals surface area contributed by atoms with E-state index in [1.165, 1.54) is 11.1 Å². The Kier molecular flexibility index (Phi) is 7.83. The van der Waals surface area contributed by atoms with Gasteiger partial charge in [-0.05, 0) is 30.7 Å². The SMILES string of the molecule is Cc1ccc(CSCC(=O)NCC(C)(C)CCCO)cc1. The summed E-state index contributed by atoms with van der Waals surface area (Å²) < 4.78 is 0. The van der Waals surface area contributed by atoms with Crippen molar-refractivity contribution in [1.29, 1.82) is 0 Å². The molecule has 0 fully saturated rings. The summed E-state index contributed by atoms with van der Waals surface area (Å²) in [7, 11) is 0. The van der Waals surface area contributed by atoms with Gasteiger partial charge in [0, 0.05) is 18.9 Å². The van der Waals surface area contributed by atoms with E-state index in [1.807, 2.05) is 0 Å². The van der Waals surface area contributed by atoms with Crippen LogP contribution in [0.3, 0.4) is 0 Å². The highest BCUT2D eigenvalue weighted by atomic mass is 32.2. The lowest BCUT2D eigenvalue weighted by molar-refractivity contribution is -0.119. The van der Waals surface area contributed by atoms with Crippen molar-refractivity contribution in [3.05, 3.63) is 35.4 Å². The zero-order valence-electron chi connectivity index (χ0n) is 13.3. The minimum absolute atomic E-state index is 0.0417. The minimum atomic E-state index is 0.0417. The number of carbonyl (C=O) groups is 1. The zero-order chi connectivity index (χ0) is 15.7. The van der Waals surface area contributed by atoms with E-state index in [0.29, 0.717) is 12.3 Å². The number of aliphatic hydroxyl groups is 1. The van der Waals surface area contributed by atoms with Crippen LogP contribution in [0.2, 0.25) is 0 Å². The van der Waals surface area contributed by atoms with E-state index >= 15 is 0 Å². The second-order valence-electron chi connectivity index (χ2n) is 6.25. The van der Waals surface area contributed by atoms with Gasteiger partial charge in [0.1, 0.15) is 0 Å². The molecule has 1 rings (SSSR count). The van der Waals surface area contributed by atoms with E-state index < -0.39 is 0 Å². The largest absolute Gasteiger partial charge is 0.396 e. The smallest absolute Gasteiger partial charge is 0.230 e. The van der Waals surface area contributed by atoms with Crippen molar-refractivity contribution in [2.24, 2.45) is 5.41 Å². The quantitative estimate of drug-likeness (QED) is 0.737. The van der Waals surface area contributed by atoms with Crippen LogP contribution in [0.4, 0.5) is 0 Å². The number of aliphatic hydroxyl groups excluding tert-OH is 1. The molecule has 0 aliphatic heterocycles. The molecule has 1 aromatic carbocycles. The van der Waals surface area contributed by atoms with E-state index in [-0.39, 0.29) is 17.9 Å². The number of nitrogens with one attached hydrogen (secondary N) is 1. The first kappa shape index (κ1) is 18.1. The highest BCUT2D eigenvalue weighted by Gasteiger charge is 2.18. The van der Waals surface area contributed by atoms with Crippen molar-refractivity contribution in [3.8, 4) is 0 Å². The molecule has 0 bridgehead atoms. The van der Waals surface area contributed by atoms with Crippen molar-refractivity contribution in [2.75, 3.05) is 18.9 Å². The Balaban J connectivity index is 2.20. The fourth-order valence-electron chi connectivity index (χ4n) is 1.98. The Bertz CT molecular complexity index is 429. The Morgan fingerprint density at radius 1 is 1.29 bits per heavy atom. The number of rotatable bonds is 9. The third-order valence-electron chi connectivity index (χ3n) is 3.40. The van der Waals surface area contributed by atoms with Crippen LogP contribution in [0.25, 0.3) is 0 Å². The van der Waals surface area contributed by atoms with Crippen LogP contribution < -0.4 is 5.32 Å². The molecule has 4 heteroatoms. The third-order valence-corrected chi connectivity index (χ3v) is 4.40. The monoisotopic (exact) mass is 309 g/mol. The number of carbonyl (C=O) groups excluding carboxylic acids is 1. The van der Waals surface area contributed by atoms with Gasteiger partial charge in [0.25, 0.3) is 0 Å². The summed E-state index contributed by atoms with van der Waals surface area (Å²) in [5.74, 6) is 1.44. The molecule has 0 radical (unpaired) electrons. The Morgan fingerprint density at radius 3 is 2.57 bits per heavy atom. The van der Waals surface area contributed by atoms with E-state index in [2.05, 4.69) is 50.4 Å². The van der Waals surface area contributed by atoms with Gasteiger partial charge in [-0.2, -0.15) is 0 Å². The maximum atomic E-state index is 11.8. The molecule has 0 saturated carbocycles. The summed E-state index contributed by atoms with van der Waals surface area (Å²) in [6, 6.07) is 8.41. The molecule has 0 unspecified atom stereocenters. The molecule has 0 atom stereocenters. The van der Waals surface area contributed by atoms with Gasteiger partial charge in [0.15, 0.2) is 0 Å². The average Bonchev–Trinajstić information content (AvgIpc) is 2.45. The van der Waals surface area contributed by atoms with Crippen molar-refractivity contribution in [1.82, 2.24) is 5.32 Å². The van der Waals surface area contributed by atoms with Crippen molar-refractivity contribution < 1.29 is 9.90 Å². The predicted octanol–water partition coefficient (Wildman–Crippen LogP) is 3.14. The maximum absolute atomic E-state index is 11.8. The van der Waals surface area contributed by atoms with Crippen molar-refractivity contribution >= 4 is 17.7 Å². The number of thioether (sulfide) groups is 1.